The van der Waals surface area contributed by atoms with Gasteiger partial charge in [0.2, 0.25) is 0 Å². The highest BCUT2D eigenvalue weighted by atomic mass is 32.1. The zero-order chi connectivity index (χ0) is 17.8. The first kappa shape index (κ1) is 16.0. The molecule has 2 heterocycles. The lowest BCUT2D eigenvalue weighted by atomic mass is 9.96. The Morgan fingerprint density at radius 2 is 1.76 bits per heavy atom. The summed E-state index contributed by atoms with van der Waals surface area (Å²) in [7, 11) is 2.58. The van der Waals surface area contributed by atoms with Crippen LogP contribution in [0.25, 0.3) is 10.2 Å². The number of amides is 1. The molecule has 0 unspecified atom stereocenters. The maximum atomic E-state index is 13.0. The molecule has 0 radical (unpaired) electrons. The summed E-state index contributed by atoms with van der Waals surface area (Å²) in [4.78, 5) is 43.4. The van der Waals surface area contributed by atoms with Crippen molar-refractivity contribution in [2.75, 3.05) is 27.3 Å². The lowest BCUT2D eigenvalue weighted by molar-refractivity contribution is -0.155. The highest BCUT2D eigenvalue weighted by Gasteiger charge is 2.82. The normalized spacial score (nSPS) is 27.0. The fourth-order valence-electron chi connectivity index (χ4n) is 4.02. The van der Waals surface area contributed by atoms with E-state index in [-0.39, 0.29) is 19.0 Å². The number of nitrogens with zero attached hydrogens (tertiary/aromatic N) is 2. The van der Waals surface area contributed by atoms with Crippen LogP contribution in [0.15, 0.2) is 23.7 Å². The van der Waals surface area contributed by atoms with Gasteiger partial charge in [0.05, 0.1) is 35.5 Å². The van der Waals surface area contributed by atoms with E-state index in [1.54, 1.807) is 22.5 Å². The van der Waals surface area contributed by atoms with Crippen molar-refractivity contribution in [1.29, 1.82) is 0 Å². The molecule has 0 bridgehead atoms. The highest BCUT2D eigenvalue weighted by Crippen LogP contribution is 2.69. The van der Waals surface area contributed by atoms with E-state index < -0.39 is 22.8 Å². The quantitative estimate of drug-likeness (QED) is 0.771. The van der Waals surface area contributed by atoms with Crippen LogP contribution in [-0.4, -0.2) is 55.0 Å². The Morgan fingerprint density at radius 1 is 1.12 bits per heavy atom. The van der Waals surface area contributed by atoms with Crippen molar-refractivity contribution in [1.82, 2.24) is 9.88 Å². The van der Waals surface area contributed by atoms with Crippen molar-refractivity contribution in [2.45, 2.75) is 6.42 Å². The van der Waals surface area contributed by atoms with E-state index in [0.717, 1.165) is 10.2 Å². The lowest BCUT2D eigenvalue weighted by Crippen LogP contribution is -2.34. The van der Waals surface area contributed by atoms with Gasteiger partial charge in [-0.15, -0.1) is 11.3 Å². The Hall–Kier alpha value is -2.48. The number of rotatable bonds is 3. The summed E-state index contributed by atoms with van der Waals surface area (Å²) < 4.78 is 10.6. The second-order valence-corrected chi connectivity index (χ2v) is 7.35. The van der Waals surface area contributed by atoms with E-state index in [9.17, 15) is 14.4 Å². The fourth-order valence-corrected chi connectivity index (χ4v) is 4.81. The summed E-state index contributed by atoms with van der Waals surface area (Å²) in [5.74, 6) is -1.15. The van der Waals surface area contributed by atoms with E-state index >= 15 is 0 Å². The Kier molecular flexibility index (Phi) is 3.37. The van der Waals surface area contributed by atoms with Crippen LogP contribution < -0.4 is 0 Å². The molecule has 7 nitrogen and oxygen atoms in total. The van der Waals surface area contributed by atoms with Gasteiger partial charge in [-0.3, -0.25) is 14.4 Å². The van der Waals surface area contributed by atoms with Gasteiger partial charge in [0.25, 0.3) is 5.91 Å². The first-order valence-electron chi connectivity index (χ1n) is 7.77. The molecule has 1 saturated carbocycles. The van der Waals surface area contributed by atoms with Crippen LogP contribution >= 0.6 is 11.3 Å². The molecule has 1 aliphatic heterocycles. The third-order valence-electron chi connectivity index (χ3n) is 5.34. The predicted molar refractivity (Wildman–Crippen MR) is 89.0 cm³/mol. The van der Waals surface area contributed by atoms with E-state index in [0.29, 0.717) is 12.0 Å². The molecule has 130 valence electrons. The molecule has 2 aromatic rings. The number of carbonyl (C=O) groups excluding carboxylic acids is 3. The zero-order valence-corrected chi connectivity index (χ0v) is 14.6. The number of likely N-dealkylation sites (tertiary alicyclic amines) is 1. The minimum atomic E-state index is -0.994. The molecule has 1 aromatic carbocycles. The molecule has 2 fully saturated rings. The molecule has 0 N–H and O–H groups in total. The third kappa shape index (κ3) is 1.97. The minimum Gasteiger partial charge on any atom is -0.469 e. The summed E-state index contributed by atoms with van der Waals surface area (Å²) in [6.45, 7) is 0.311. The number of methoxy groups -OCH3 is 2. The van der Waals surface area contributed by atoms with E-state index in [2.05, 4.69) is 4.98 Å². The van der Waals surface area contributed by atoms with Crippen LogP contribution in [0.1, 0.15) is 16.8 Å². The van der Waals surface area contributed by atoms with Crippen LogP contribution in [0.3, 0.4) is 0 Å². The average molecular weight is 360 g/mol. The first-order chi connectivity index (χ1) is 12.0. The van der Waals surface area contributed by atoms with Gasteiger partial charge >= 0.3 is 11.9 Å². The van der Waals surface area contributed by atoms with E-state index in [1.807, 2.05) is 6.07 Å². The molecule has 2 atom stereocenters. The van der Waals surface area contributed by atoms with Crippen molar-refractivity contribution in [2.24, 2.45) is 10.8 Å². The SMILES string of the molecule is COC(=O)[C@@]12CN(C(=O)c3cccc4ncsc34)C[C@]1(C(=O)OC)C2. The van der Waals surface area contributed by atoms with Gasteiger partial charge in [-0.25, -0.2) is 4.98 Å². The molecule has 1 saturated heterocycles. The molecule has 0 spiro atoms. The average Bonchev–Trinajstić information content (AvgIpc) is 2.98. The number of hydrogen-bond acceptors (Lipinski definition) is 7. The minimum absolute atomic E-state index is 0.156. The van der Waals surface area contributed by atoms with Crippen LogP contribution in [0.2, 0.25) is 0 Å². The van der Waals surface area contributed by atoms with Crippen LogP contribution in [-0.2, 0) is 19.1 Å². The van der Waals surface area contributed by atoms with Gasteiger partial charge < -0.3 is 14.4 Å². The van der Waals surface area contributed by atoms with Gasteiger partial charge in [-0.1, -0.05) is 6.07 Å². The van der Waals surface area contributed by atoms with Gasteiger partial charge in [0, 0.05) is 13.1 Å². The summed E-state index contributed by atoms with van der Waals surface area (Å²) in [6.07, 6.45) is 0.355. The van der Waals surface area contributed by atoms with E-state index in [1.165, 1.54) is 25.6 Å². The Labute approximate surface area is 147 Å². The van der Waals surface area contributed by atoms with E-state index in [4.69, 9.17) is 9.47 Å². The number of esters is 2. The Balaban J connectivity index is 1.69. The number of benzene rings is 1. The van der Waals surface area contributed by atoms with Crippen molar-refractivity contribution < 1.29 is 23.9 Å². The van der Waals surface area contributed by atoms with Gasteiger partial charge in [-0.05, 0) is 18.6 Å². The van der Waals surface area contributed by atoms with Crippen molar-refractivity contribution >= 4 is 39.4 Å². The molecule has 4 rings (SSSR count). The maximum Gasteiger partial charge on any atom is 0.314 e. The van der Waals surface area contributed by atoms with Gasteiger partial charge in [-0.2, -0.15) is 0 Å². The third-order valence-corrected chi connectivity index (χ3v) is 6.22. The molecule has 1 aromatic heterocycles. The Bertz CT molecular complexity index is 879. The van der Waals surface area contributed by atoms with Crippen molar-refractivity contribution in [3.05, 3.63) is 29.3 Å². The lowest BCUT2D eigenvalue weighted by Gasteiger charge is -2.20. The van der Waals surface area contributed by atoms with Gasteiger partial charge in [0.15, 0.2) is 0 Å². The van der Waals surface area contributed by atoms with Crippen LogP contribution in [0, 0.1) is 10.8 Å². The maximum absolute atomic E-state index is 13.0. The second kappa shape index (κ2) is 5.26. The van der Waals surface area contributed by atoms with Crippen LogP contribution in [0.5, 0.6) is 0 Å². The monoisotopic (exact) mass is 360 g/mol. The van der Waals surface area contributed by atoms with Gasteiger partial charge in [0.1, 0.15) is 10.8 Å². The topological polar surface area (TPSA) is 85.8 Å². The molecule has 2 aliphatic rings. The summed E-state index contributed by atoms with van der Waals surface area (Å²) >= 11 is 1.39. The number of thiazole rings is 1. The molecular weight excluding hydrogens is 344 g/mol. The number of aromatic nitrogens is 1. The largest absolute Gasteiger partial charge is 0.469 e. The number of ether oxygens (including phenoxy) is 2. The molecule has 1 amide bonds. The number of carbonyl (C=O) groups is 3. The highest BCUT2D eigenvalue weighted by molar-refractivity contribution is 7.17. The fraction of sp³-hybridized carbons (Fsp3) is 0.412. The van der Waals surface area contributed by atoms with Crippen molar-refractivity contribution in [3.8, 4) is 0 Å². The number of fused-ring (bicyclic) bond motifs is 2. The smallest absolute Gasteiger partial charge is 0.314 e. The predicted octanol–water partition coefficient (Wildman–Crippen LogP) is 1.47. The molecular formula is C17H16N2O5S. The summed E-state index contributed by atoms with van der Waals surface area (Å²) in [5, 5.41) is 0. The summed E-state index contributed by atoms with van der Waals surface area (Å²) in [5.41, 5.74) is 0.986. The standard InChI is InChI=1S/C17H16N2O5S/c1-23-14(21)16-6-17(16,15(22)24-2)8-19(7-16)13(20)10-4-3-5-11-12(10)25-9-18-11/h3-5,9H,6-8H2,1-2H3/t16-,17+. The first-order valence-corrected chi connectivity index (χ1v) is 8.65. The van der Waals surface area contributed by atoms with Crippen molar-refractivity contribution in [3.63, 3.8) is 0 Å². The molecule has 1 aliphatic carbocycles. The van der Waals surface area contributed by atoms with Crippen LogP contribution in [0.4, 0.5) is 0 Å². The molecule has 25 heavy (non-hydrogen) atoms. The second-order valence-electron chi connectivity index (χ2n) is 6.49. The zero-order valence-electron chi connectivity index (χ0n) is 13.8. The number of hydrogen-bond donors (Lipinski definition) is 0. The number of piperidine rings is 1. The molecule has 8 heteroatoms. The Morgan fingerprint density at radius 3 is 2.36 bits per heavy atom. The summed E-state index contributed by atoms with van der Waals surface area (Å²) in [6, 6.07) is 5.36.